The van der Waals surface area contributed by atoms with Crippen LogP contribution in [-0.4, -0.2) is 16.0 Å². The highest BCUT2D eigenvalue weighted by atomic mass is 32.2. The summed E-state index contributed by atoms with van der Waals surface area (Å²) in [6, 6.07) is 10.2. The molecule has 15 heavy (non-hydrogen) atoms. The Labute approximate surface area is 97.8 Å². The van der Waals surface area contributed by atoms with Gasteiger partial charge in [-0.05, 0) is 6.42 Å². The van der Waals surface area contributed by atoms with Gasteiger partial charge in [-0.3, -0.25) is 0 Å². The van der Waals surface area contributed by atoms with Crippen molar-refractivity contribution < 1.29 is 0 Å². The second-order valence-electron chi connectivity index (χ2n) is 3.09. The second-order valence-corrected chi connectivity index (χ2v) is 5.41. The van der Waals surface area contributed by atoms with Gasteiger partial charge in [0.05, 0.1) is 0 Å². The number of rotatable bonds is 4. The number of nitrogens with zero attached hydrogens (tertiary/aromatic N) is 2. The fourth-order valence-electron chi connectivity index (χ4n) is 1.15. The van der Waals surface area contributed by atoms with Gasteiger partial charge < -0.3 is 0 Å². The van der Waals surface area contributed by atoms with Crippen molar-refractivity contribution >= 4 is 23.1 Å². The monoisotopic (exact) mass is 236 g/mol. The fourth-order valence-corrected chi connectivity index (χ4v) is 2.94. The zero-order valence-corrected chi connectivity index (χ0v) is 10.1. The largest absolute Gasteiger partial charge is 0.174 e. The van der Waals surface area contributed by atoms with Crippen molar-refractivity contribution in [1.82, 2.24) is 10.2 Å². The molecule has 1 heterocycles. The van der Waals surface area contributed by atoms with Crippen molar-refractivity contribution in [2.24, 2.45) is 0 Å². The normalized spacial score (nSPS) is 10.5. The van der Waals surface area contributed by atoms with Crippen LogP contribution < -0.4 is 0 Å². The lowest BCUT2D eigenvalue weighted by atomic mass is 10.2. The molecular formula is C11H12N2S2. The van der Waals surface area contributed by atoms with Gasteiger partial charge in [0, 0.05) is 11.3 Å². The maximum atomic E-state index is 4.19. The van der Waals surface area contributed by atoms with E-state index in [0.717, 1.165) is 20.7 Å². The van der Waals surface area contributed by atoms with Gasteiger partial charge in [0.2, 0.25) is 0 Å². The van der Waals surface area contributed by atoms with E-state index in [1.807, 2.05) is 18.2 Å². The second kappa shape index (κ2) is 5.28. The third-order valence-electron chi connectivity index (χ3n) is 1.86. The van der Waals surface area contributed by atoms with Crippen molar-refractivity contribution in [3.63, 3.8) is 0 Å². The first-order valence-corrected chi connectivity index (χ1v) is 6.72. The highest BCUT2D eigenvalue weighted by Gasteiger charge is 2.05. The van der Waals surface area contributed by atoms with E-state index in [1.165, 1.54) is 6.42 Å². The molecule has 0 aliphatic rings. The molecule has 0 amide bonds. The van der Waals surface area contributed by atoms with E-state index in [4.69, 9.17) is 0 Å². The van der Waals surface area contributed by atoms with E-state index >= 15 is 0 Å². The summed E-state index contributed by atoms with van der Waals surface area (Å²) < 4.78 is 1.07. The number of hydrogen-bond acceptors (Lipinski definition) is 4. The molecule has 4 heteroatoms. The molecule has 2 aromatic rings. The molecule has 2 rings (SSSR count). The van der Waals surface area contributed by atoms with Gasteiger partial charge in [-0.1, -0.05) is 60.4 Å². The molecule has 1 aromatic carbocycles. The van der Waals surface area contributed by atoms with E-state index in [-0.39, 0.29) is 0 Å². The molecule has 78 valence electrons. The first-order chi connectivity index (χ1) is 7.40. The van der Waals surface area contributed by atoms with Gasteiger partial charge in [0.25, 0.3) is 0 Å². The summed E-state index contributed by atoms with van der Waals surface area (Å²) in [6.07, 6.45) is 1.17. The maximum absolute atomic E-state index is 4.19. The summed E-state index contributed by atoms with van der Waals surface area (Å²) in [5.74, 6) is 1.11. The van der Waals surface area contributed by atoms with Gasteiger partial charge >= 0.3 is 0 Å². The molecule has 0 saturated heterocycles. The SMILES string of the molecule is CCCSc1nnc(-c2ccccc2)s1. The minimum atomic E-state index is 1.01. The average Bonchev–Trinajstić information content (AvgIpc) is 2.76. The predicted molar refractivity (Wildman–Crippen MR) is 66.4 cm³/mol. The third-order valence-corrected chi connectivity index (χ3v) is 4.17. The van der Waals surface area contributed by atoms with Crippen LogP contribution in [0.5, 0.6) is 0 Å². The summed E-state index contributed by atoms with van der Waals surface area (Å²) >= 11 is 3.45. The van der Waals surface area contributed by atoms with Crippen LogP contribution in [0.1, 0.15) is 13.3 Å². The highest BCUT2D eigenvalue weighted by molar-refractivity contribution is 8.01. The molecule has 0 radical (unpaired) electrons. The van der Waals surface area contributed by atoms with E-state index in [2.05, 4.69) is 29.3 Å². The Kier molecular flexibility index (Phi) is 3.75. The first kappa shape index (κ1) is 10.6. The number of thioether (sulfide) groups is 1. The summed E-state index contributed by atoms with van der Waals surface area (Å²) in [4.78, 5) is 0. The fraction of sp³-hybridized carbons (Fsp3) is 0.273. The quantitative estimate of drug-likeness (QED) is 0.757. The number of benzene rings is 1. The summed E-state index contributed by atoms with van der Waals surface area (Å²) in [5, 5.41) is 9.36. The van der Waals surface area contributed by atoms with Gasteiger partial charge in [-0.25, -0.2) is 0 Å². The Bertz CT molecular complexity index is 412. The zero-order valence-electron chi connectivity index (χ0n) is 8.51. The minimum Gasteiger partial charge on any atom is -0.137 e. The average molecular weight is 236 g/mol. The maximum Gasteiger partial charge on any atom is 0.174 e. The molecule has 0 aliphatic heterocycles. The van der Waals surface area contributed by atoms with E-state index in [9.17, 15) is 0 Å². The van der Waals surface area contributed by atoms with Crippen molar-refractivity contribution in [2.75, 3.05) is 5.75 Å². The van der Waals surface area contributed by atoms with Crippen LogP contribution in [0.4, 0.5) is 0 Å². The molecule has 0 bridgehead atoms. The first-order valence-electron chi connectivity index (χ1n) is 4.92. The molecule has 0 fully saturated rings. The van der Waals surface area contributed by atoms with Crippen LogP contribution >= 0.6 is 23.1 Å². The Morgan fingerprint density at radius 3 is 2.73 bits per heavy atom. The number of hydrogen-bond donors (Lipinski definition) is 0. The minimum absolute atomic E-state index is 1.01. The molecule has 1 aromatic heterocycles. The molecular weight excluding hydrogens is 224 g/mol. The van der Waals surface area contributed by atoms with E-state index in [1.54, 1.807) is 23.1 Å². The van der Waals surface area contributed by atoms with Crippen molar-refractivity contribution in [3.05, 3.63) is 30.3 Å². The standard InChI is InChI=1S/C11H12N2S2/c1-2-8-14-11-13-12-10(15-11)9-6-4-3-5-7-9/h3-7H,2,8H2,1H3. The lowest BCUT2D eigenvalue weighted by Crippen LogP contribution is -1.75. The molecule has 0 N–H and O–H groups in total. The zero-order chi connectivity index (χ0) is 10.5. The highest BCUT2D eigenvalue weighted by Crippen LogP contribution is 2.29. The molecule has 0 saturated carbocycles. The summed E-state index contributed by atoms with van der Waals surface area (Å²) in [7, 11) is 0. The van der Waals surface area contributed by atoms with Crippen LogP contribution in [0.3, 0.4) is 0 Å². The lowest BCUT2D eigenvalue weighted by Gasteiger charge is -1.92. The van der Waals surface area contributed by atoms with Gasteiger partial charge in [0.1, 0.15) is 5.01 Å². The summed E-state index contributed by atoms with van der Waals surface area (Å²) in [6.45, 7) is 2.17. The smallest absolute Gasteiger partial charge is 0.137 e. The Morgan fingerprint density at radius 1 is 1.20 bits per heavy atom. The van der Waals surface area contributed by atoms with Crippen LogP contribution in [0.2, 0.25) is 0 Å². The Balaban J connectivity index is 2.14. The molecule has 0 aliphatic carbocycles. The van der Waals surface area contributed by atoms with E-state index < -0.39 is 0 Å². The van der Waals surface area contributed by atoms with Gasteiger partial charge in [0.15, 0.2) is 4.34 Å². The van der Waals surface area contributed by atoms with Crippen molar-refractivity contribution in [3.8, 4) is 10.6 Å². The van der Waals surface area contributed by atoms with Crippen LogP contribution in [-0.2, 0) is 0 Å². The molecule has 0 unspecified atom stereocenters. The van der Waals surface area contributed by atoms with Crippen LogP contribution in [0.15, 0.2) is 34.7 Å². The topological polar surface area (TPSA) is 25.8 Å². The van der Waals surface area contributed by atoms with Crippen LogP contribution in [0.25, 0.3) is 10.6 Å². The number of aromatic nitrogens is 2. The predicted octanol–water partition coefficient (Wildman–Crippen LogP) is 3.71. The molecule has 2 nitrogen and oxygen atoms in total. The Hall–Kier alpha value is -0.870. The van der Waals surface area contributed by atoms with Gasteiger partial charge in [-0.15, -0.1) is 10.2 Å². The third kappa shape index (κ3) is 2.79. The van der Waals surface area contributed by atoms with Gasteiger partial charge in [-0.2, -0.15) is 0 Å². The van der Waals surface area contributed by atoms with E-state index in [0.29, 0.717) is 0 Å². The van der Waals surface area contributed by atoms with Crippen molar-refractivity contribution in [2.45, 2.75) is 17.7 Å². The van der Waals surface area contributed by atoms with Crippen LogP contribution in [0, 0.1) is 0 Å². The summed E-state index contributed by atoms with van der Waals surface area (Å²) in [5.41, 5.74) is 1.15. The lowest BCUT2D eigenvalue weighted by molar-refractivity contribution is 1.01. The molecule has 0 atom stereocenters. The Morgan fingerprint density at radius 2 is 2.00 bits per heavy atom. The van der Waals surface area contributed by atoms with Crippen molar-refractivity contribution in [1.29, 1.82) is 0 Å². The molecule has 0 spiro atoms.